The van der Waals surface area contributed by atoms with Gasteiger partial charge in [-0.2, -0.15) is 0 Å². The summed E-state index contributed by atoms with van der Waals surface area (Å²) in [6.07, 6.45) is 2.45. The van der Waals surface area contributed by atoms with Crippen molar-refractivity contribution in [3.05, 3.63) is 40.8 Å². The van der Waals surface area contributed by atoms with Gasteiger partial charge in [-0.15, -0.1) is 0 Å². The van der Waals surface area contributed by atoms with E-state index in [0.29, 0.717) is 22.2 Å². The molecule has 1 aromatic carbocycles. The van der Waals surface area contributed by atoms with E-state index in [1.807, 2.05) is 36.4 Å². The summed E-state index contributed by atoms with van der Waals surface area (Å²) in [5.74, 6) is -0.794. The molecule has 0 unspecified atom stereocenters. The number of carbonyl (C=O) groups excluding carboxylic acids is 3. The van der Waals surface area contributed by atoms with Crippen LogP contribution in [0.4, 0.5) is 0 Å². The Balaban J connectivity index is 1.87. The Bertz CT molecular complexity index is 689. The van der Waals surface area contributed by atoms with E-state index < -0.39 is 0 Å². The average molecular weight is 363 g/mol. The number of thioether (sulfide) groups is 1. The zero-order valence-corrected chi connectivity index (χ0v) is 14.7. The first-order valence-corrected chi connectivity index (χ1v) is 8.55. The molecule has 0 aromatic heterocycles. The summed E-state index contributed by atoms with van der Waals surface area (Å²) in [5.41, 5.74) is 5.44. The van der Waals surface area contributed by atoms with E-state index in [0.717, 1.165) is 5.56 Å². The van der Waals surface area contributed by atoms with Crippen molar-refractivity contribution in [1.29, 1.82) is 0 Å². The molecule has 6 nitrogen and oxygen atoms in total. The minimum absolute atomic E-state index is 0.142. The number of hydrazine groups is 1. The predicted octanol–water partition coefficient (Wildman–Crippen LogP) is 1.84. The van der Waals surface area contributed by atoms with Crippen LogP contribution in [0.2, 0.25) is 0 Å². The molecule has 24 heavy (non-hydrogen) atoms. The molecule has 3 amide bonds. The van der Waals surface area contributed by atoms with Crippen LogP contribution in [0, 0.1) is 0 Å². The molecular weight excluding hydrogens is 346 g/mol. The number of nitrogens with one attached hydrogen (secondary N) is 2. The van der Waals surface area contributed by atoms with Crippen LogP contribution in [0.1, 0.15) is 25.3 Å². The zero-order chi connectivity index (χ0) is 17.5. The lowest BCUT2D eigenvalue weighted by atomic mass is 10.2. The lowest BCUT2D eigenvalue weighted by Crippen LogP contribution is -2.40. The van der Waals surface area contributed by atoms with Gasteiger partial charge in [0.1, 0.15) is 4.32 Å². The molecular formula is C16H17N3O3S2. The van der Waals surface area contributed by atoms with Gasteiger partial charge in [0.15, 0.2) is 0 Å². The van der Waals surface area contributed by atoms with Crippen LogP contribution in [0.5, 0.6) is 0 Å². The summed E-state index contributed by atoms with van der Waals surface area (Å²) in [7, 11) is 0. The zero-order valence-electron chi connectivity index (χ0n) is 13.1. The highest BCUT2D eigenvalue weighted by Crippen LogP contribution is 2.32. The molecule has 1 aliphatic heterocycles. The molecule has 2 rings (SSSR count). The van der Waals surface area contributed by atoms with Crippen molar-refractivity contribution in [1.82, 2.24) is 15.8 Å². The molecule has 1 heterocycles. The van der Waals surface area contributed by atoms with E-state index in [9.17, 15) is 14.4 Å². The highest BCUT2D eigenvalue weighted by Gasteiger charge is 2.31. The Kier molecular flexibility index (Phi) is 6.51. The Morgan fingerprint density at radius 2 is 1.96 bits per heavy atom. The van der Waals surface area contributed by atoms with E-state index in [2.05, 4.69) is 10.9 Å². The molecule has 1 fully saturated rings. The molecule has 0 atom stereocenters. The number of nitrogens with zero attached hydrogens (tertiary/aromatic N) is 1. The van der Waals surface area contributed by atoms with Gasteiger partial charge in [-0.05, 0) is 18.1 Å². The maximum atomic E-state index is 12.4. The van der Waals surface area contributed by atoms with E-state index in [1.54, 1.807) is 0 Å². The van der Waals surface area contributed by atoms with Crippen LogP contribution in [0.25, 0.3) is 6.08 Å². The summed E-state index contributed by atoms with van der Waals surface area (Å²) < 4.78 is 0.490. The summed E-state index contributed by atoms with van der Waals surface area (Å²) in [6, 6.07) is 9.55. The Hall–Kier alpha value is -2.19. The van der Waals surface area contributed by atoms with Crippen molar-refractivity contribution in [2.45, 2.75) is 19.8 Å². The van der Waals surface area contributed by atoms with Gasteiger partial charge >= 0.3 is 0 Å². The minimum atomic E-state index is -0.341. The monoisotopic (exact) mass is 363 g/mol. The number of benzene rings is 1. The number of hydrogen-bond donors (Lipinski definition) is 2. The molecule has 1 aromatic rings. The highest BCUT2D eigenvalue weighted by atomic mass is 32.2. The predicted molar refractivity (Wildman–Crippen MR) is 97.5 cm³/mol. The van der Waals surface area contributed by atoms with Crippen LogP contribution in [0.3, 0.4) is 0 Å². The van der Waals surface area contributed by atoms with Gasteiger partial charge in [-0.3, -0.25) is 30.1 Å². The third-order valence-corrected chi connectivity index (χ3v) is 4.51. The number of rotatable bonds is 5. The van der Waals surface area contributed by atoms with Crippen molar-refractivity contribution < 1.29 is 14.4 Å². The SMILES string of the molecule is CC(=O)NNC(=O)CCCN1C(=O)C(=Cc2ccccc2)SC1=S. The van der Waals surface area contributed by atoms with Crippen molar-refractivity contribution in [2.24, 2.45) is 0 Å². The highest BCUT2D eigenvalue weighted by molar-refractivity contribution is 8.26. The molecule has 0 spiro atoms. The van der Waals surface area contributed by atoms with E-state index in [-0.39, 0.29) is 24.1 Å². The molecule has 0 bridgehead atoms. The first kappa shape index (κ1) is 18.2. The summed E-state index contributed by atoms with van der Waals surface area (Å²) in [5, 5.41) is 0. The Labute approximate surface area is 149 Å². The van der Waals surface area contributed by atoms with Gasteiger partial charge in [0, 0.05) is 19.9 Å². The molecule has 8 heteroatoms. The fourth-order valence-electron chi connectivity index (χ4n) is 2.01. The lowest BCUT2D eigenvalue weighted by molar-refractivity contribution is -0.128. The van der Waals surface area contributed by atoms with Crippen LogP contribution in [-0.4, -0.2) is 33.5 Å². The second-order valence-electron chi connectivity index (χ2n) is 5.08. The first-order chi connectivity index (χ1) is 11.5. The summed E-state index contributed by atoms with van der Waals surface area (Å²) in [4.78, 5) is 36.7. The van der Waals surface area contributed by atoms with Crippen molar-refractivity contribution >= 4 is 52.1 Å². The van der Waals surface area contributed by atoms with Gasteiger partial charge < -0.3 is 0 Å². The quantitative estimate of drug-likeness (QED) is 0.474. The fourth-order valence-corrected chi connectivity index (χ4v) is 3.32. The summed E-state index contributed by atoms with van der Waals surface area (Å²) >= 11 is 6.51. The van der Waals surface area contributed by atoms with Crippen LogP contribution >= 0.6 is 24.0 Å². The molecule has 0 radical (unpaired) electrons. The van der Waals surface area contributed by atoms with Gasteiger partial charge in [0.25, 0.3) is 5.91 Å². The van der Waals surface area contributed by atoms with E-state index >= 15 is 0 Å². The molecule has 0 aliphatic carbocycles. The molecule has 126 valence electrons. The van der Waals surface area contributed by atoms with Crippen molar-refractivity contribution in [3.8, 4) is 0 Å². The Morgan fingerprint density at radius 3 is 2.62 bits per heavy atom. The van der Waals surface area contributed by atoms with Crippen molar-refractivity contribution in [2.75, 3.05) is 6.54 Å². The second kappa shape index (κ2) is 8.60. The largest absolute Gasteiger partial charge is 0.293 e. The Morgan fingerprint density at radius 1 is 1.25 bits per heavy atom. The summed E-state index contributed by atoms with van der Waals surface area (Å²) in [6.45, 7) is 1.67. The molecule has 2 N–H and O–H groups in total. The number of carbonyl (C=O) groups is 3. The molecule has 0 saturated carbocycles. The van der Waals surface area contributed by atoms with E-state index in [1.165, 1.54) is 23.6 Å². The van der Waals surface area contributed by atoms with Crippen LogP contribution in [-0.2, 0) is 14.4 Å². The molecule has 1 aliphatic rings. The van der Waals surface area contributed by atoms with E-state index in [4.69, 9.17) is 12.2 Å². The van der Waals surface area contributed by atoms with Crippen molar-refractivity contribution in [3.63, 3.8) is 0 Å². The smallest absolute Gasteiger partial charge is 0.266 e. The minimum Gasteiger partial charge on any atom is -0.293 e. The fraction of sp³-hybridized carbons (Fsp3) is 0.250. The number of hydrogen-bond acceptors (Lipinski definition) is 5. The topological polar surface area (TPSA) is 78.5 Å². The maximum Gasteiger partial charge on any atom is 0.266 e. The third-order valence-electron chi connectivity index (χ3n) is 3.13. The van der Waals surface area contributed by atoms with Gasteiger partial charge in [0.05, 0.1) is 4.91 Å². The maximum absolute atomic E-state index is 12.4. The first-order valence-electron chi connectivity index (χ1n) is 7.33. The standard InChI is InChI=1S/C16H17N3O3S2/c1-11(20)17-18-14(21)8-5-9-19-15(22)13(24-16(19)23)10-12-6-3-2-4-7-12/h2-4,6-7,10H,5,8-9H2,1H3,(H,17,20)(H,18,21). The van der Waals surface area contributed by atoms with Crippen LogP contribution < -0.4 is 10.9 Å². The average Bonchev–Trinajstić information content (AvgIpc) is 2.81. The third kappa shape index (κ3) is 5.17. The van der Waals surface area contributed by atoms with Crippen LogP contribution in [0.15, 0.2) is 35.2 Å². The number of amides is 3. The van der Waals surface area contributed by atoms with Gasteiger partial charge in [-0.1, -0.05) is 54.3 Å². The normalized spacial score (nSPS) is 15.7. The lowest BCUT2D eigenvalue weighted by Gasteiger charge is -2.14. The van der Waals surface area contributed by atoms with Gasteiger partial charge in [0.2, 0.25) is 11.8 Å². The molecule has 1 saturated heterocycles. The number of thiocarbonyl (C=S) groups is 1. The second-order valence-corrected chi connectivity index (χ2v) is 6.75. The van der Waals surface area contributed by atoms with Gasteiger partial charge in [-0.25, -0.2) is 0 Å².